The number of aromatic nitrogens is 1. The number of benzene rings is 2. The van der Waals surface area contributed by atoms with Crippen LogP contribution in [0.4, 0.5) is 5.82 Å². The van der Waals surface area contributed by atoms with Gasteiger partial charge in [0.25, 0.3) is 5.91 Å². The molecule has 138 valence electrons. The van der Waals surface area contributed by atoms with Gasteiger partial charge in [0.1, 0.15) is 5.82 Å². The molecule has 1 aliphatic rings. The molecule has 0 atom stereocenters. The number of hydrogen-bond donors (Lipinski definition) is 1. The van der Waals surface area contributed by atoms with Crippen LogP contribution in [0.2, 0.25) is 5.02 Å². The van der Waals surface area contributed by atoms with E-state index in [0.717, 1.165) is 37.3 Å². The summed E-state index contributed by atoms with van der Waals surface area (Å²) in [6.45, 7) is 3.63. The van der Waals surface area contributed by atoms with E-state index in [1.807, 2.05) is 49.5 Å². The lowest BCUT2D eigenvalue weighted by molar-refractivity contribution is 0.0930. The molecule has 1 aliphatic heterocycles. The van der Waals surface area contributed by atoms with Gasteiger partial charge in [-0.25, -0.2) is 4.98 Å². The summed E-state index contributed by atoms with van der Waals surface area (Å²) in [7, 11) is 0. The molecule has 1 N–H and O–H groups in total. The molecule has 2 heterocycles. The quantitative estimate of drug-likeness (QED) is 0.723. The summed E-state index contributed by atoms with van der Waals surface area (Å²) in [6.07, 6.45) is 3.67. The molecule has 4 nitrogen and oxygen atoms in total. The van der Waals surface area contributed by atoms with Crippen molar-refractivity contribution in [3.05, 3.63) is 70.9 Å². The average molecular weight is 380 g/mol. The third-order valence-corrected chi connectivity index (χ3v) is 5.70. The maximum absolute atomic E-state index is 12.6. The minimum atomic E-state index is -0.0447. The smallest absolute Gasteiger partial charge is 0.251 e. The normalized spacial score (nSPS) is 15.1. The Hall–Kier alpha value is -2.59. The lowest BCUT2D eigenvalue weighted by Crippen LogP contribution is -2.45. The second-order valence-electron chi connectivity index (χ2n) is 7.00. The first-order chi connectivity index (χ1) is 13.1. The fourth-order valence-corrected chi connectivity index (χ4v) is 3.88. The third-order valence-electron chi connectivity index (χ3n) is 5.29. The fraction of sp³-hybridized carbons (Fsp3) is 0.273. The summed E-state index contributed by atoms with van der Waals surface area (Å²) in [5.41, 5.74) is 1.48. The number of piperidine rings is 1. The number of pyridine rings is 1. The number of anilines is 1. The van der Waals surface area contributed by atoms with Gasteiger partial charge in [-0.15, -0.1) is 0 Å². The minimum absolute atomic E-state index is 0.0447. The van der Waals surface area contributed by atoms with E-state index in [4.69, 9.17) is 11.6 Å². The summed E-state index contributed by atoms with van der Waals surface area (Å²) in [5.74, 6) is 0.986. The molecule has 0 aliphatic carbocycles. The summed E-state index contributed by atoms with van der Waals surface area (Å²) in [5, 5.41) is 6.17. The van der Waals surface area contributed by atoms with Gasteiger partial charge in [-0.2, -0.15) is 0 Å². The number of hydrogen-bond acceptors (Lipinski definition) is 3. The van der Waals surface area contributed by atoms with E-state index in [0.29, 0.717) is 10.6 Å². The molecular weight excluding hydrogens is 358 g/mol. The van der Waals surface area contributed by atoms with E-state index in [1.54, 1.807) is 0 Å². The van der Waals surface area contributed by atoms with Crippen LogP contribution in [0, 0.1) is 6.92 Å². The maximum atomic E-state index is 12.6. The predicted octanol–water partition coefficient (Wildman–Crippen LogP) is 4.60. The van der Waals surface area contributed by atoms with Gasteiger partial charge in [0.05, 0.1) is 0 Å². The van der Waals surface area contributed by atoms with Gasteiger partial charge in [-0.3, -0.25) is 4.79 Å². The van der Waals surface area contributed by atoms with E-state index in [1.165, 1.54) is 10.8 Å². The number of halogens is 1. The highest BCUT2D eigenvalue weighted by molar-refractivity contribution is 6.31. The van der Waals surface area contributed by atoms with E-state index in [2.05, 4.69) is 27.3 Å². The molecule has 0 unspecified atom stereocenters. The molecule has 0 bridgehead atoms. The minimum Gasteiger partial charge on any atom is -0.356 e. The Morgan fingerprint density at radius 2 is 1.89 bits per heavy atom. The van der Waals surface area contributed by atoms with Crippen molar-refractivity contribution < 1.29 is 4.79 Å². The SMILES string of the molecule is Cc1c(Cl)cccc1C(=O)NC1CCN(c2nccc3ccccc23)CC1. The summed E-state index contributed by atoms with van der Waals surface area (Å²) >= 11 is 6.14. The van der Waals surface area contributed by atoms with Gasteiger partial charge in [0, 0.05) is 41.3 Å². The Kier molecular flexibility index (Phi) is 4.99. The second-order valence-corrected chi connectivity index (χ2v) is 7.41. The van der Waals surface area contributed by atoms with Crippen LogP contribution >= 0.6 is 11.6 Å². The predicted molar refractivity (Wildman–Crippen MR) is 111 cm³/mol. The summed E-state index contributed by atoms with van der Waals surface area (Å²) in [6, 6.07) is 16.0. The summed E-state index contributed by atoms with van der Waals surface area (Å²) in [4.78, 5) is 19.5. The number of nitrogens with one attached hydrogen (secondary N) is 1. The van der Waals surface area contributed by atoms with E-state index >= 15 is 0 Å². The topological polar surface area (TPSA) is 45.2 Å². The molecule has 2 aromatic carbocycles. The molecule has 4 rings (SSSR count). The maximum Gasteiger partial charge on any atom is 0.251 e. The lowest BCUT2D eigenvalue weighted by atomic mass is 10.0. The van der Waals surface area contributed by atoms with Gasteiger partial charge in [-0.1, -0.05) is 41.9 Å². The Bertz CT molecular complexity index is 975. The highest BCUT2D eigenvalue weighted by atomic mass is 35.5. The zero-order valence-electron chi connectivity index (χ0n) is 15.3. The van der Waals surface area contributed by atoms with Crippen LogP contribution in [0.15, 0.2) is 54.7 Å². The molecule has 1 amide bonds. The van der Waals surface area contributed by atoms with Crippen molar-refractivity contribution in [2.75, 3.05) is 18.0 Å². The third kappa shape index (κ3) is 3.62. The molecule has 27 heavy (non-hydrogen) atoms. The first-order valence-corrected chi connectivity index (χ1v) is 9.66. The van der Waals surface area contributed by atoms with Gasteiger partial charge in [-0.05, 0) is 48.9 Å². The molecule has 1 fully saturated rings. The van der Waals surface area contributed by atoms with Crippen molar-refractivity contribution in [2.24, 2.45) is 0 Å². The van der Waals surface area contributed by atoms with Crippen molar-refractivity contribution in [1.82, 2.24) is 10.3 Å². The zero-order valence-corrected chi connectivity index (χ0v) is 16.0. The number of amides is 1. The highest BCUT2D eigenvalue weighted by Crippen LogP contribution is 2.27. The van der Waals surface area contributed by atoms with Gasteiger partial charge in [0.2, 0.25) is 0 Å². The van der Waals surface area contributed by atoms with Crippen LogP contribution in [-0.2, 0) is 0 Å². The monoisotopic (exact) mass is 379 g/mol. The van der Waals surface area contributed by atoms with E-state index in [-0.39, 0.29) is 11.9 Å². The number of rotatable bonds is 3. The Morgan fingerprint density at radius 3 is 2.70 bits per heavy atom. The van der Waals surface area contributed by atoms with Crippen molar-refractivity contribution >= 4 is 34.1 Å². The standard InChI is InChI=1S/C22H22ClN3O/c1-15-18(7-4-8-20(15)23)22(27)25-17-10-13-26(14-11-17)21-19-6-3-2-5-16(19)9-12-24-21/h2-9,12,17H,10-11,13-14H2,1H3,(H,25,27). The first kappa shape index (κ1) is 17.8. The molecule has 1 aromatic heterocycles. The molecule has 0 radical (unpaired) electrons. The zero-order chi connectivity index (χ0) is 18.8. The number of fused-ring (bicyclic) bond motifs is 1. The van der Waals surface area contributed by atoms with Crippen molar-refractivity contribution in [2.45, 2.75) is 25.8 Å². The van der Waals surface area contributed by atoms with Crippen LogP contribution in [0.5, 0.6) is 0 Å². The van der Waals surface area contributed by atoms with Crippen LogP contribution < -0.4 is 10.2 Å². The average Bonchev–Trinajstić information content (AvgIpc) is 2.70. The molecule has 3 aromatic rings. The van der Waals surface area contributed by atoms with Gasteiger partial charge in [0.15, 0.2) is 0 Å². The molecule has 1 saturated heterocycles. The molecule has 0 spiro atoms. The van der Waals surface area contributed by atoms with Gasteiger partial charge < -0.3 is 10.2 Å². The molecule has 0 saturated carbocycles. The lowest BCUT2D eigenvalue weighted by Gasteiger charge is -2.33. The van der Waals surface area contributed by atoms with E-state index < -0.39 is 0 Å². The highest BCUT2D eigenvalue weighted by Gasteiger charge is 2.23. The fourth-order valence-electron chi connectivity index (χ4n) is 3.71. The van der Waals surface area contributed by atoms with Gasteiger partial charge >= 0.3 is 0 Å². The number of nitrogens with zero attached hydrogens (tertiary/aromatic N) is 2. The van der Waals surface area contributed by atoms with E-state index in [9.17, 15) is 4.79 Å². The van der Waals surface area contributed by atoms with Crippen molar-refractivity contribution in [3.8, 4) is 0 Å². The number of carbonyl (C=O) groups excluding carboxylic acids is 1. The molecule has 5 heteroatoms. The van der Waals surface area contributed by atoms with Crippen LogP contribution in [-0.4, -0.2) is 30.0 Å². The Balaban J connectivity index is 1.43. The largest absolute Gasteiger partial charge is 0.356 e. The first-order valence-electron chi connectivity index (χ1n) is 9.28. The molecular formula is C22H22ClN3O. The summed E-state index contributed by atoms with van der Waals surface area (Å²) < 4.78 is 0. The van der Waals surface area contributed by atoms with Crippen molar-refractivity contribution in [3.63, 3.8) is 0 Å². The van der Waals surface area contributed by atoms with Crippen LogP contribution in [0.25, 0.3) is 10.8 Å². The number of carbonyl (C=O) groups is 1. The van der Waals surface area contributed by atoms with Crippen LogP contribution in [0.1, 0.15) is 28.8 Å². The van der Waals surface area contributed by atoms with Crippen LogP contribution in [0.3, 0.4) is 0 Å². The Morgan fingerprint density at radius 1 is 1.11 bits per heavy atom. The second kappa shape index (κ2) is 7.57. The Labute approximate surface area is 164 Å². The van der Waals surface area contributed by atoms with Crippen molar-refractivity contribution in [1.29, 1.82) is 0 Å².